The van der Waals surface area contributed by atoms with Crippen molar-refractivity contribution in [3.8, 4) is 0 Å². The number of nitrogens with two attached hydrogens (primary N) is 1. The number of carboxylic acids is 1. The lowest BCUT2D eigenvalue weighted by molar-refractivity contribution is -0.142. The maximum absolute atomic E-state index is 10.7. The van der Waals surface area contributed by atoms with E-state index in [4.69, 9.17) is 10.8 Å². The molecule has 3 N–H and O–H groups in total. The number of carboxylic acid groups (broad SMARTS) is 1. The molecular weight excluding hydrogens is 190 g/mol. The number of benzene rings is 1. The fraction of sp³-hybridized carbons (Fsp3) is 0.250. The number of hydrogen-bond acceptors (Lipinski definition) is 2. The van der Waals surface area contributed by atoms with Gasteiger partial charge < -0.3 is 10.8 Å². The summed E-state index contributed by atoms with van der Waals surface area (Å²) in [7, 11) is 0. The summed E-state index contributed by atoms with van der Waals surface area (Å²) in [6.45, 7) is 1.50. The molecule has 0 bridgehead atoms. The fourth-order valence-electron chi connectivity index (χ4n) is 1.09. The molecule has 0 saturated heterocycles. The fourth-order valence-corrected chi connectivity index (χ4v) is 1.09. The lowest BCUT2D eigenvalue weighted by Crippen LogP contribution is -2.44. The number of rotatable bonds is 4. The van der Waals surface area contributed by atoms with Crippen molar-refractivity contribution in [1.82, 2.24) is 0 Å². The van der Waals surface area contributed by atoms with E-state index in [1.54, 1.807) is 6.08 Å². The molecule has 1 unspecified atom stereocenters. The zero-order valence-electron chi connectivity index (χ0n) is 8.68. The van der Waals surface area contributed by atoms with Crippen LogP contribution >= 0.6 is 0 Å². The van der Waals surface area contributed by atoms with Gasteiger partial charge >= 0.3 is 5.97 Å². The Labute approximate surface area is 89.2 Å². The number of carbonyl (C=O) groups is 1. The molecule has 0 amide bonds. The van der Waals surface area contributed by atoms with Gasteiger partial charge in [-0.15, -0.1) is 0 Å². The van der Waals surface area contributed by atoms with Crippen LogP contribution in [0.2, 0.25) is 0 Å². The van der Waals surface area contributed by atoms with Crippen molar-refractivity contribution in [3.05, 3.63) is 42.0 Å². The van der Waals surface area contributed by atoms with E-state index in [1.165, 1.54) is 6.92 Å². The average Bonchev–Trinajstić information content (AvgIpc) is 2.19. The summed E-state index contributed by atoms with van der Waals surface area (Å²) < 4.78 is 0. The molecule has 0 aliphatic heterocycles. The molecule has 0 fully saturated rings. The lowest BCUT2D eigenvalue weighted by Gasteiger charge is -2.16. The standard InChI is InChI=1S/C12H15NO2/c1-12(13,11(14)15)9-5-8-10-6-3-2-4-7-10/h2-8H,9,13H2,1H3,(H,14,15)/b8-5+. The topological polar surface area (TPSA) is 63.3 Å². The van der Waals surface area contributed by atoms with Crippen molar-refractivity contribution in [3.63, 3.8) is 0 Å². The third-order valence-electron chi connectivity index (χ3n) is 2.14. The quantitative estimate of drug-likeness (QED) is 0.789. The first-order valence-corrected chi connectivity index (χ1v) is 4.76. The third kappa shape index (κ3) is 3.56. The Morgan fingerprint density at radius 3 is 2.60 bits per heavy atom. The Bertz CT molecular complexity index is 355. The molecule has 0 aliphatic rings. The van der Waals surface area contributed by atoms with Gasteiger partial charge in [0.2, 0.25) is 0 Å². The molecule has 0 aromatic heterocycles. The monoisotopic (exact) mass is 205 g/mol. The minimum atomic E-state index is -1.19. The Morgan fingerprint density at radius 2 is 2.07 bits per heavy atom. The van der Waals surface area contributed by atoms with Crippen LogP contribution in [0.3, 0.4) is 0 Å². The molecule has 1 rings (SSSR count). The summed E-state index contributed by atoms with van der Waals surface area (Å²) in [6.07, 6.45) is 3.97. The molecule has 1 aromatic rings. The van der Waals surface area contributed by atoms with Crippen molar-refractivity contribution in [1.29, 1.82) is 0 Å². The van der Waals surface area contributed by atoms with Gasteiger partial charge in [-0.25, -0.2) is 0 Å². The van der Waals surface area contributed by atoms with E-state index in [2.05, 4.69) is 0 Å². The van der Waals surface area contributed by atoms with Crippen molar-refractivity contribution < 1.29 is 9.90 Å². The van der Waals surface area contributed by atoms with Crippen molar-refractivity contribution >= 4 is 12.0 Å². The first-order valence-electron chi connectivity index (χ1n) is 4.76. The predicted molar refractivity (Wildman–Crippen MR) is 60.3 cm³/mol. The average molecular weight is 205 g/mol. The van der Waals surface area contributed by atoms with Gasteiger partial charge in [-0.1, -0.05) is 42.5 Å². The van der Waals surface area contributed by atoms with Crippen molar-refractivity contribution in [2.75, 3.05) is 0 Å². The SMILES string of the molecule is CC(N)(C/C=C/c1ccccc1)C(=O)O. The molecule has 0 radical (unpaired) electrons. The van der Waals surface area contributed by atoms with E-state index in [0.29, 0.717) is 6.42 Å². The van der Waals surface area contributed by atoms with Gasteiger partial charge in [0.1, 0.15) is 5.54 Å². The van der Waals surface area contributed by atoms with E-state index < -0.39 is 11.5 Å². The van der Waals surface area contributed by atoms with Crippen LogP contribution in [0.1, 0.15) is 18.9 Å². The summed E-state index contributed by atoms with van der Waals surface area (Å²) in [4.78, 5) is 10.7. The molecule has 1 atom stereocenters. The largest absolute Gasteiger partial charge is 0.480 e. The normalized spacial score (nSPS) is 15.1. The highest BCUT2D eigenvalue weighted by atomic mass is 16.4. The van der Waals surface area contributed by atoms with Gasteiger partial charge in [-0.05, 0) is 18.9 Å². The second kappa shape index (κ2) is 4.75. The van der Waals surface area contributed by atoms with Crippen LogP contribution in [0.25, 0.3) is 6.08 Å². The Balaban J connectivity index is 2.58. The molecule has 80 valence electrons. The Morgan fingerprint density at radius 1 is 1.47 bits per heavy atom. The Kier molecular flexibility index (Phi) is 3.63. The highest BCUT2D eigenvalue weighted by molar-refractivity contribution is 5.78. The minimum absolute atomic E-state index is 0.317. The first-order chi connectivity index (χ1) is 7.02. The summed E-state index contributed by atoms with van der Waals surface area (Å²) in [5, 5.41) is 8.78. The van der Waals surface area contributed by atoms with E-state index >= 15 is 0 Å². The van der Waals surface area contributed by atoms with Gasteiger partial charge in [0.25, 0.3) is 0 Å². The zero-order chi connectivity index (χ0) is 11.3. The maximum Gasteiger partial charge on any atom is 0.323 e. The van der Waals surface area contributed by atoms with E-state index in [1.807, 2.05) is 36.4 Å². The van der Waals surface area contributed by atoms with Crippen molar-refractivity contribution in [2.24, 2.45) is 5.73 Å². The molecule has 0 spiro atoms. The second-order valence-corrected chi connectivity index (χ2v) is 3.74. The van der Waals surface area contributed by atoms with Crippen LogP contribution < -0.4 is 5.73 Å². The van der Waals surface area contributed by atoms with E-state index in [9.17, 15) is 4.79 Å². The molecular formula is C12H15NO2. The van der Waals surface area contributed by atoms with Crippen LogP contribution in [-0.4, -0.2) is 16.6 Å². The summed E-state index contributed by atoms with van der Waals surface area (Å²) >= 11 is 0. The summed E-state index contributed by atoms with van der Waals surface area (Å²) in [5.74, 6) is -0.986. The highest BCUT2D eigenvalue weighted by Crippen LogP contribution is 2.09. The van der Waals surface area contributed by atoms with Crippen LogP contribution in [0, 0.1) is 0 Å². The molecule has 3 nitrogen and oxygen atoms in total. The van der Waals surface area contributed by atoms with E-state index in [0.717, 1.165) is 5.56 Å². The van der Waals surface area contributed by atoms with E-state index in [-0.39, 0.29) is 0 Å². The molecule has 0 saturated carbocycles. The van der Waals surface area contributed by atoms with Crippen molar-refractivity contribution in [2.45, 2.75) is 18.9 Å². The third-order valence-corrected chi connectivity index (χ3v) is 2.14. The zero-order valence-corrected chi connectivity index (χ0v) is 8.68. The smallest absolute Gasteiger partial charge is 0.323 e. The molecule has 3 heteroatoms. The molecule has 1 aromatic carbocycles. The molecule has 15 heavy (non-hydrogen) atoms. The number of aliphatic carboxylic acids is 1. The predicted octanol–water partition coefficient (Wildman–Crippen LogP) is 1.89. The molecule has 0 aliphatic carbocycles. The van der Waals surface area contributed by atoms with Gasteiger partial charge in [0.15, 0.2) is 0 Å². The minimum Gasteiger partial charge on any atom is -0.480 e. The van der Waals surface area contributed by atoms with Gasteiger partial charge in [-0.2, -0.15) is 0 Å². The number of hydrogen-bond donors (Lipinski definition) is 2. The molecule has 0 heterocycles. The maximum atomic E-state index is 10.7. The van der Waals surface area contributed by atoms with Crippen LogP contribution in [-0.2, 0) is 4.79 Å². The van der Waals surface area contributed by atoms with Crippen LogP contribution in [0.4, 0.5) is 0 Å². The lowest BCUT2D eigenvalue weighted by atomic mass is 9.99. The van der Waals surface area contributed by atoms with Gasteiger partial charge in [0.05, 0.1) is 0 Å². The van der Waals surface area contributed by atoms with Crippen LogP contribution in [0.5, 0.6) is 0 Å². The highest BCUT2D eigenvalue weighted by Gasteiger charge is 2.25. The summed E-state index contributed by atoms with van der Waals surface area (Å²) in [5.41, 5.74) is 5.42. The first kappa shape index (κ1) is 11.5. The summed E-state index contributed by atoms with van der Waals surface area (Å²) in [6, 6.07) is 9.69. The van der Waals surface area contributed by atoms with Gasteiger partial charge in [0, 0.05) is 0 Å². The Hall–Kier alpha value is -1.61. The second-order valence-electron chi connectivity index (χ2n) is 3.74. The van der Waals surface area contributed by atoms with Gasteiger partial charge in [-0.3, -0.25) is 4.79 Å². The van der Waals surface area contributed by atoms with Crippen LogP contribution in [0.15, 0.2) is 36.4 Å².